The van der Waals surface area contributed by atoms with Crippen LogP contribution >= 0.6 is 11.3 Å². The van der Waals surface area contributed by atoms with Crippen molar-refractivity contribution in [3.63, 3.8) is 0 Å². The van der Waals surface area contributed by atoms with Gasteiger partial charge < -0.3 is 0 Å². The number of benzene rings is 2. The van der Waals surface area contributed by atoms with E-state index in [0.717, 1.165) is 22.4 Å². The summed E-state index contributed by atoms with van der Waals surface area (Å²) in [5.41, 5.74) is 5.38. The molecule has 28 heavy (non-hydrogen) atoms. The number of ketones is 1. The van der Waals surface area contributed by atoms with Gasteiger partial charge in [0.25, 0.3) is 0 Å². The Morgan fingerprint density at radius 3 is 2.43 bits per heavy atom. The lowest BCUT2D eigenvalue weighted by Crippen LogP contribution is -2.23. The molecule has 0 aliphatic rings. The van der Waals surface area contributed by atoms with Crippen LogP contribution in [0.15, 0.2) is 53.9 Å². The van der Waals surface area contributed by atoms with Gasteiger partial charge in [-0.2, -0.15) is 0 Å². The third-order valence-corrected chi connectivity index (χ3v) is 5.42. The molecule has 0 saturated heterocycles. The van der Waals surface area contributed by atoms with E-state index in [2.05, 4.69) is 4.98 Å². The Balaban J connectivity index is 1.85. The summed E-state index contributed by atoms with van der Waals surface area (Å²) in [7, 11) is 0. The topological polar surface area (TPSA) is 50.3 Å². The number of rotatable bonds is 5. The van der Waals surface area contributed by atoms with Gasteiger partial charge in [0.2, 0.25) is 5.91 Å². The van der Waals surface area contributed by atoms with Crippen molar-refractivity contribution < 1.29 is 9.59 Å². The van der Waals surface area contributed by atoms with Crippen LogP contribution in [-0.4, -0.2) is 16.7 Å². The summed E-state index contributed by atoms with van der Waals surface area (Å²) in [4.78, 5) is 30.8. The predicted octanol–water partition coefficient (Wildman–Crippen LogP) is 5.65. The molecule has 1 amide bonds. The van der Waals surface area contributed by atoms with Crippen molar-refractivity contribution in [2.75, 3.05) is 4.90 Å². The maximum atomic E-state index is 12.3. The first-order valence-electron chi connectivity index (χ1n) is 8.98. The lowest BCUT2D eigenvalue weighted by molar-refractivity contribution is -0.115. The van der Waals surface area contributed by atoms with Gasteiger partial charge in [0, 0.05) is 17.9 Å². The van der Waals surface area contributed by atoms with Crippen LogP contribution in [0.5, 0.6) is 0 Å². The number of allylic oxidation sites excluding steroid dienone is 1. The SMILES string of the molecule is CC(=O)N(c1nc(C=CC(=O)c2ccc(C)cc2)cs1)c1cccc(C)c1C. The highest BCUT2D eigenvalue weighted by Gasteiger charge is 2.19. The average Bonchev–Trinajstić information content (AvgIpc) is 3.12. The molecule has 142 valence electrons. The molecule has 0 radical (unpaired) electrons. The van der Waals surface area contributed by atoms with Crippen LogP contribution in [0.1, 0.15) is 39.7 Å². The van der Waals surface area contributed by atoms with Crippen molar-refractivity contribution in [2.24, 2.45) is 0 Å². The molecule has 3 aromatic rings. The number of anilines is 2. The Morgan fingerprint density at radius 2 is 1.75 bits per heavy atom. The van der Waals surface area contributed by atoms with Crippen molar-refractivity contribution in [2.45, 2.75) is 27.7 Å². The van der Waals surface area contributed by atoms with Gasteiger partial charge in [0.15, 0.2) is 10.9 Å². The van der Waals surface area contributed by atoms with Gasteiger partial charge >= 0.3 is 0 Å². The van der Waals surface area contributed by atoms with Crippen molar-refractivity contribution in [3.8, 4) is 0 Å². The molecule has 1 heterocycles. The summed E-state index contributed by atoms with van der Waals surface area (Å²) in [5, 5.41) is 2.43. The number of hydrogen-bond acceptors (Lipinski definition) is 4. The van der Waals surface area contributed by atoms with Crippen LogP contribution in [0, 0.1) is 20.8 Å². The number of hydrogen-bond donors (Lipinski definition) is 0. The van der Waals surface area contributed by atoms with E-state index in [-0.39, 0.29) is 11.7 Å². The molecule has 5 heteroatoms. The standard InChI is InChI=1S/C23H22N2O2S/c1-15-8-10-19(11-9-15)22(27)13-12-20-14-28-23(24-20)25(18(4)26)21-7-5-6-16(2)17(21)3/h5-14H,1-4H3. The largest absolute Gasteiger partial charge is 0.289 e. The monoisotopic (exact) mass is 390 g/mol. The minimum absolute atomic E-state index is 0.0764. The summed E-state index contributed by atoms with van der Waals surface area (Å²) < 4.78 is 0. The molecule has 0 saturated carbocycles. The van der Waals surface area contributed by atoms with E-state index >= 15 is 0 Å². The molecule has 0 aliphatic carbocycles. The molecule has 0 N–H and O–H groups in total. The zero-order valence-electron chi connectivity index (χ0n) is 16.4. The van der Waals surface area contributed by atoms with Crippen LogP contribution < -0.4 is 4.90 Å². The highest BCUT2D eigenvalue weighted by molar-refractivity contribution is 7.14. The zero-order chi connectivity index (χ0) is 20.3. The molecular weight excluding hydrogens is 368 g/mol. The van der Waals surface area contributed by atoms with E-state index in [1.165, 1.54) is 24.3 Å². The van der Waals surface area contributed by atoms with Crippen molar-refractivity contribution >= 4 is 39.9 Å². The number of carbonyl (C=O) groups excluding carboxylic acids is 2. The lowest BCUT2D eigenvalue weighted by atomic mass is 10.1. The Hall–Kier alpha value is -3.05. The van der Waals surface area contributed by atoms with E-state index in [4.69, 9.17) is 0 Å². The van der Waals surface area contributed by atoms with Gasteiger partial charge in [-0.3, -0.25) is 14.5 Å². The summed E-state index contributed by atoms with van der Waals surface area (Å²) in [6, 6.07) is 13.3. The van der Waals surface area contributed by atoms with Gasteiger partial charge in [0.05, 0.1) is 11.4 Å². The number of nitrogens with zero attached hydrogens (tertiary/aromatic N) is 2. The molecule has 2 aromatic carbocycles. The van der Waals surface area contributed by atoms with Gasteiger partial charge in [-0.1, -0.05) is 42.0 Å². The molecule has 0 unspecified atom stereocenters. The van der Waals surface area contributed by atoms with Gasteiger partial charge in [0.1, 0.15) is 0 Å². The first-order chi connectivity index (χ1) is 13.4. The van der Waals surface area contributed by atoms with Crippen molar-refractivity contribution in [1.82, 2.24) is 4.98 Å². The molecule has 0 aliphatic heterocycles. The fourth-order valence-corrected chi connectivity index (χ4v) is 3.66. The molecule has 0 fully saturated rings. The first-order valence-corrected chi connectivity index (χ1v) is 9.86. The molecular formula is C23H22N2O2S. The van der Waals surface area contributed by atoms with E-state index in [0.29, 0.717) is 16.4 Å². The Bertz CT molecular complexity index is 1050. The Kier molecular flexibility index (Phi) is 5.85. The van der Waals surface area contributed by atoms with E-state index in [9.17, 15) is 9.59 Å². The fraction of sp³-hybridized carbons (Fsp3) is 0.174. The van der Waals surface area contributed by atoms with E-state index in [1.54, 1.807) is 11.0 Å². The highest BCUT2D eigenvalue weighted by atomic mass is 32.1. The minimum atomic E-state index is -0.102. The second-order valence-electron chi connectivity index (χ2n) is 6.69. The molecule has 0 spiro atoms. The molecule has 0 atom stereocenters. The maximum Gasteiger partial charge on any atom is 0.230 e. The van der Waals surface area contributed by atoms with E-state index < -0.39 is 0 Å². The summed E-state index contributed by atoms with van der Waals surface area (Å²) in [6.45, 7) is 7.52. The molecule has 3 rings (SSSR count). The van der Waals surface area contributed by atoms with Gasteiger partial charge in [-0.25, -0.2) is 4.98 Å². The Morgan fingerprint density at radius 1 is 1.04 bits per heavy atom. The second-order valence-corrected chi connectivity index (χ2v) is 7.53. The van der Waals surface area contributed by atoms with Gasteiger partial charge in [-0.05, 0) is 50.1 Å². The third-order valence-electron chi connectivity index (χ3n) is 4.57. The van der Waals surface area contributed by atoms with Crippen LogP contribution in [0.2, 0.25) is 0 Å². The molecule has 0 bridgehead atoms. The number of aromatic nitrogens is 1. The molecule has 1 aromatic heterocycles. The number of thiazole rings is 1. The summed E-state index contributed by atoms with van der Waals surface area (Å²) >= 11 is 1.38. The van der Waals surface area contributed by atoms with Crippen molar-refractivity contribution in [1.29, 1.82) is 0 Å². The highest BCUT2D eigenvalue weighted by Crippen LogP contribution is 2.32. The van der Waals surface area contributed by atoms with Gasteiger partial charge in [-0.15, -0.1) is 11.3 Å². The fourth-order valence-electron chi connectivity index (χ4n) is 2.82. The second kappa shape index (κ2) is 8.31. The third kappa shape index (κ3) is 4.26. The number of amides is 1. The van der Waals surface area contributed by atoms with Crippen LogP contribution in [0.25, 0.3) is 6.08 Å². The quantitative estimate of drug-likeness (QED) is 0.418. The Labute approximate surface area is 169 Å². The minimum Gasteiger partial charge on any atom is -0.289 e. The first kappa shape index (κ1) is 19.7. The number of carbonyl (C=O) groups is 2. The predicted molar refractivity (Wildman–Crippen MR) is 115 cm³/mol. The number of aryl methyl sites for hydroxylation is 2. The zero-order valence-corrected chi connectivity index (χ0v) is 17.2. The molecule has 4 nitrogen and oxygen atoms in total. The summed E-state index contributed by atoms with van der Waals surface area (Å²) in [6.07, 6.45) is 3.20. The smallest absolute Gasteiger partial charge is 0.230 e. The maximum absolute atomic E-state index is 12.3. The lowest BCUT2D eigenvalue weighted by Gasteiger charge is -2.21. The van der Waals surface area contributed by atoms with Crippen LogP contribution in [0.3, 0.4) is 0 Å². The normalized spacial score (nSPS) is 11.0. The summed E-state index contributed by atoms with van der Waals surface area (Å²) in [5.74, 6) is -0.179. The average molecular weight is 391 g/mol. The van der Waals surface area contributed by atoms with Crippen molar-refractivity contribution in [3.05, 3.63) is 81.9 Å². The van der Waals surface area contributed by atoms with E-state index in [1.807, 2.05) is 68.6 Å². The van der Waals surface area contributed by atoms with Crippen LogP contribution in [-0.2, 0) is 4.79 Å². The van der Waals surface area contributed by atoms with Crippen LogP contribution in [0.4, 0.5) is 10.8 Å².